The number of aryl methyl sites for hydroxylation is 1. The van der Waals surface area contributed by atoms with Crippen LogP contribution in [-0.4, -0.2) is 22.6 Å². The van der Waals surface area contributed by atoms with E-state index >= 15 is 0 Å². The summed E-state index contributed by atoms with van der Waals surface area (Å²) in [6, 6.07) is 7.79. The van der Waals surface area contributed by atoms with Gasteiger partial charge in [-0.3, -0.25) is 9.59 Å². The summed E-state index contributed by atoms with van der Waals surface area (Å²) < 4.78 is 11.0. The van der Waals surface area contributed by atoms with E-state index in [2.05, 4.69) is 5.32 Å². The second-order valence-electron chi connectivity index (χ2n) is 7.19. The molecule has 0 spiro atoms. The van der Waals surface area contributed by atoms with Gasteiger partial charge in [0.05, 0.1) is 24.0 Å². The molecule has 0 atom stereocenters. The van der Waals surface area contributed by atoms with E-state index in [1.54, 1.807) is 6.92 Å². The molecule has 0 bridgehead atoms. The van der Waals surface area contributed by atoms with Crippen LogP contribution in [-0.2, 0) is 29.1 Å². The SMILES string of the molecule is Cc1coc(CC(=O)O)c1C(=O)NCc1cccc(COC(C)(C)C)c1. The van der Waals surface area contributed by atoms with Gasteiger partial charge in [-0.25, -0.2) is 0 Å². The summed E-state index contributed by atoms with van der Waals surface area (Å²) in [5, 5.41) is 11.7. The van der Waals surface area contributed by atoms with Gasteiger partial charge in [-0.2, -0.15) is 0 Å². The first kappa shape index (κ1) is 19.7. The van der Waals surface area contributed by atoms with Crippen LogP contribution in [0.15, 0.2) is 34.9 Å². The number of carboxylic acid groups (broad SMARTS) is 1. The first-order valence-electron chi connectivity index (χ1n) is 8.44. The summed E-state index contributed by atoms with van der Waals surface area (Å²) in [5.41, 5.74) is 2.65. The maximum atomic E-state index is 12.5. The van der Waals surface area contributed by atoms with Crippen molar-refractivity contribution in [2.75, 3.05) is 0 Å². The average Bonchev–Trinajstić information content (AvgIpc) is 2.90. The summed E-state index contributed by atoms with van der Waals surface area (Å²) in [6.07, 6.45) is 1.08. The van der Waals surface area contributed by atoms with Crippen molar-refractivity contribution in [2.24, 2.45) is 0 Å². The number of ether oxygens (including phenoxy) is 1. The predicted octanol–water partition coefficient (Wildman–Crippen LogP) is 3.46. The minimum Gasteiger partial charge on any atom is -0.481 e. The summed E-state index contributed by atoms with van der Waals surface area (Å²) >= 11 is 0. The molecule has 2 rings (SSSR count). The maximum Gasteiger partial charge on any atom is 0.311 e. The van der Waals surface area contributed by atoms with E-state index in [0.717, 1.165) is 11.1 Å². The first-order chi connectivity index (χ1) is 12.2. The van der Waals surface area contributed by atoms with Crippen LogP contribution in [0.25, 0.3) is 0 Å². The number of rotatable bonds is 7. The highest BCUT2D eigenvalue weighted by Crippen LogP contribution is 2.18. The third-order valence-electron chi connectivity index (χ3n) is 3.71. The molecule has 1 amide bonds. The molecule has 2 N–H and O–H groups in total. The largest absolute Gasteiger partial charge is 0.481 e. The maximum absolute atomic E-state index is 12.5. The molecule has 0 saturated heterocycles. The third kappa shape index (κ3) is 5.74. The topological polar surface area (TPSA) is 88.8 Å². The second kappa shape index (κ2) is 8.19. The molecule has 1 aromatic carbocycles. The molecule has 2 aromatic rings. The molecule has 26 heavy (non-hydrogen) atoms. The van der Waals surface area contributed by atoms with E-state index < -0.39 is 5.97 Å². The summed E-state index contributed by atoms with van der Waals surface area (Å²) in [5.74, 6) is -1.22. The van der Waals surface area contributed by atoms with E-state index in [1.165, 1.54) is 6.26 Å². The van der Waals surface area contributed by atoms with Crippen LogP contribution >= 0.6 is 0 Å². The van der Waals surface area contributed by atoms with Gasteiger partial charge in [-0.1, -0.05) is 24.3 Å². The molecule has 6 nitrogen and oxygen atoms in total. The molecule has 0 aliphatic heterocycles. The van der Waals surface area contributed by atoms with E-state index in [0.29, 0.717) is 24.3 Å². The monoisotopic (exact) mass is 359 g/mol. The number of amides is 1. The molecule has 0 radical (unpaired) electrons. The standard InChI is InChI=1S/C20H25NO5/c1-13-11-25-16(9-17(22)23)18(13)19(24)21-10-14-6-5-7-15(8-14)12-26-20(2,3)4/h5-8,11H,9-10,12H2,1-4H3,(H,21,24)(H,22,23). The van der Waals surface area contributed by atoms with Crippen LogP contribution in [0, 0.1) is 6.92 Å². The van der Waals surface area contributed by atoms with Gasteiger partial charge in [0.2, 0.25) is 0 Å². The number of furan rings is 1. The molecule has 6 heteroatoms. The number of hydrogen-bond acceptors (Lipinski definition) is 4. The van der Waals surface area contributed by atoms with E-state index in [4.69, 9.17) is 14.3 Å². The van der Waals surface area contributed by atoms with Gasteiger partial charge < -0.3 is 19.6 Å². The zero-order chi connectivity index (χ0) is 19.3. The van der Waals surface area contributed by atoms with E-state index in [-0.39, 0.29) is 23.7 Å². The van der Waals surface area contributed by atoms with Gasteiger partial charge in [0.1, 0.15) is 12.2 Å². The van der Waals surface area contributed by atoms with Gasteiger partial charge in [-0.05, 0) is 38.8 Å². The van der Waals surface area contributed by atoms with Gasteiger partial charge >= 0.3 is 5.97 Å². The second-order valence-corrected chi connectivity index (χ2v) is 7.19. The number of benzene rings is 1. The Morgan fingerprint density at radius 2 is 1.92 bits per heavy atom. The highest BCUT2D eigenvalue weighted by Gasteiger charge is 2.20. The van der Waals surface area contributed by atoms with Crippen LogP contribution in [0.5, 0.6) is 0 Å². The molecule has 0 unspecified atom stereocenters. The minimum atomic E-state index is -1.04. The minimum absolute atomic E-state index is 0.167. The smallest absolute Gasteiger partial charge is 0.311 e. The summed E-state index contributed by atoms with van der Waals surface area (Å²) in [6.45, 7) is 8.54. The fourth-order valence-corrected chi connectivity index (χ4v) is 2.47. The van der Waals surface area contributed by atoms with Crippen molar-refractivity contribution in [3.05, 3.63) is 58.5 Å². The fraction of sp³-hybridized carbons (Fsp3) is 0.400. The first-order valence-corrected chi connectivity index (χ1v) is 8.44. The van der Waals surface area contributed by atoms with Crippen LogP contribution in [0.2, 0.25) is 0 Å². The Kier molecular flexibility index (Phi) is 6.21. The molecule has 0 aliphatic carbocycles. The zero-order valence-electron chi connectivity index (χ0n) is 15.6. The van der Waals surface area contributed by atoms with Crippen molar-refractivity contribution in [3.63, 3.8) is 0 Å². The third-order valence-corrected chi connectivity index (χ3v) is 3.71. The lowest BCUT2D eigenvalue weighted by Gasteiger charge is -2.19. The Morgan fingerprint density at radius 3 is 2.58 bits per heavy atom. The Labute approximate surface area is 153 Å². The number of nitrogens with one attached hydrogen (secondary N) is 1. The van der Waals surface area contributed by atoms with Gasteiger partial charge in [0.15, 0.2) is 0 Å². The normalized spacial score (nSPS) is 11.4. The Bertz CT molecular complexity index is 786. The van der Waals surface area contributed by atoms with Crippen LogP contribution < -0.4 is 5.32 Å². The number of aliphatic carboxylic acids is 1. The lowest BCUT2D eigenvalue weighted by Crippen LogP contribution is -2.24. The van der Waals surface area contributed by atoms with Crippen molar-refractivity contribution in [1.29, 1.82) is 0 Å². The van der Waals surface area contributed by atoms with Crippen LogP contribution in [0.1, 0.15) is 53.6 Å². The summed E-state index contributed by atoms with van der Waals surface area (Å²) in [7, 11) is 0. The molecule has 0 aliphatic rings. The van der Waals surface area contributed by atoms with Crippen LogP contribution in [0.3, 0.4) is 0 Å². The predicted molar refractivity (Wildman–Crippen MR) is 96.9 cm³/mol. The highest BCUT2D eigenvalue weighted by molar-refractivity contribution is 5.97. The molecular weight excluding hydrogens is 334 g/mol. The fourth-order valence-electron chi connectivity index (χ4n) is 2.47. The molecule has 1 aromatic heterocycles. The zero-order valence-corrected chi connectivity index (χ0v) is 15.6. The number of carboxylic acids is 1. The lowest BCUT2D eigenvalue weighted by atomic mass is 10.1. The van der Waals surface area contributed by atoms with Crippen molar-refractivity contribution < 1.29 is 23.8 Å². The Morgan fingerprint density at radius 1 is 1.23 bits per heavy atom. The lowest BCUT2D eigenvalue weighted by molar-refractivity contribution is -0.136. The summed E-state index contributed by atoms with van der Waals surface area (Å²) in [4.78, 5) is 23.4. The molecule has 0 saturated carbocycles. The van der Waals surface area contributed by atoms with Gasteiger partial charge in [0, 0.05) is 12.1 Å². The van der Waals surface area contributed by atoms with Crippen LogP contribution in [0.4, 0.5) is 0 Å². The van der Waals surface area contributed by atoms with Gasteiger partial charge in [0.25, 0.3) is 5.91 Å². The highest BCUT2D eigenvalue weighted by atomic mass is 16.5. The molecule has 0 fully saturated rings. The van der Waals surface area contributed by atoms with Crippen molar-refractivity contribution in [1.82, 2.24) is 5.32 Å². The number of hydrogen-bond donors (Lipinski definition) is 2. The van der Waals surface area contributed by atoms with Crippen molar-refractivity contribution in [3.8, 4) is 0 Å². The number of carbonyl (C=O) groups is 2. The molecular formula is C20H25NO5. The van der Waals surface area contributed by atoms with Crippen molar-refractivity contribution in [2.45, 2.75) is 52.9 Å². The Balaban J connectivity index is 2.02. The molecule has 140 valence electrons. The van der Waals surface area contributed by atoms with E-state index in [9.17, 15) is 9.59 Å². The quantitative estimate of drug-likeness (QED) is 0.790. The number of carbonyl (C=O) groups excluding carboxylic acids is 1. The average molecular weight is 359 g/mol. The van der Waals surface area contributed by atoms with Gasteiger partial charge in [-0.15, -0.1) is 0 Å². The Hall–Kier alpha value is -2.60. The molecule has 1 heterocycles. The van der Waals surface area contributed by atoms with Crippen molar-refractivity contribution >= 4 is 11.9 Å². The van der Waals surface area contributed by atoms with E-state index in [1.807, 2.05) is 45.0 Å².